The molecule has 1 aliphatic carbocycles. The number of carbonyl (C=O) groups is 2. The smallest absolute Gasteiger partial charge is 0.341 e. The Morgan fingerprint density at radius 3 is 2.81 bits per heavy atom. The van der Waals surface area contributed by atoms with Gasteiger partial charge in [0.2, 0.25) is 0 Å². The van der Waals surface area contributed by atoms with Crippen LogP contribution in [0.15, 0.2) is 22.7 Å². The van der Waals surface area contributed by atoms with Gasteiger partial charge in [-0.3, -0.25) is 4.79 Å². The van der Waals surface area contributed by atoms with Crippen LogP contribution in [0, 0.1) is 0 Å². The number of amides is 1. The largest absolute Gasteiger partial charge is 0.480 e. The fourth-order valence-electron chi connectivity index (χ4n) is 2.84. The topological polar surface area (TPSA) is 64.6 Å². The monoisotopic (exact) mass is 457 g/mol. The number of rotatable bonds is 5. The number of ether oxygens (including phenoxy) is 2. The summed E-state index contributed by atoms with van der Waals surface area (Å²) in [5, 5.41) is 3.91. The molecule has 1 aromatic heterocycles. The summed E-state index contributed by atoms with van der Waals surface area (Å²) in [5.74, 6) is -0.246. The average Bonchev–Trinajstić information content (AvgIpc) is 3.17. The molecule has 3 rings (SSSR count). The number of hydrogen-bond acceptors (Lipinski definition) is 5. The third-order valence-corrected chi connectivity index (χ3v) is 6.18. The molecule has 0 bridgehead atoms. The minimum Gasteiger partial charge on any atom is -0.480 e. The molecule has 5 nitrogen and oxygen atoms in total. The Morgan fingerprint density at radius 2 is 2.12 bits per heavy atom. The van der Waals surface area contributed by atoms with E-state index in [1.807, 2.05) is 0 Å². The first kappa shape index (κ1) is 19.2. The maximum atomic E-state index is 12.6. The fourth-order valence-corrected chi connectivity index (χ4v) is 4.90. The molecule has 0 saturated carbocycles. The molecule has 1 unspecified atom stereocenters. The zero-order chi connectivity index (χ0) is 18.8. The van der Waals surface area contributed by atoms with Crippen LogP contribution in [0.4, 0.5) is 5.00 Å². The van der Waals surface area contributed by atoms with E-state index in [4.69, 9.17) is 21.1 Å². The van der Waals surface area contributed by atoms with E-state index in [0.29, 0.717) is 25.8 Å². The molecule has 0 spiro atoms. The minimum absolute atomic E-state index is 0.336. The van der Waals surface area contributed by atoms with Gasteiger partial charge in [0.05, 0.1) is 17.1 Å². The van der Waals surface area contributed by atoms with Gasteiger partial charge in [-0.2, -0.15) is 0 Å². The van der Waals surface area contributed by atoms with Gasteiger partial charge >= 0.3 is 5.97 Å². The van der Waals surface area contributed by atoms with E-state index in [9.17, 15) is 9.59 Å². The van der Waals surface area contributed by atoms with Crippen LogP contribution < -0.4 is 10.1 Å². The predicted molar refractivity (Wildman–Crippen MR) is 106 cm³/mol. The van der Waals surface area contributed by atoms with Crippen LogP contribution in [0.25, 0.3) is 0 Å². The molecule has 2 aromatic rings. The Hall–Kier alpha value is -1.57. The second-order valence-corrected chi connectivity index (χ2v) is 8.27. The van der Waals surface area contributed by atoms with Crippen LogP contribution in [0.2, 0.25) is 5.02 Å². The van der Waals surface area contributed by atoms with E-state index in [-0.39, 0.29) is 5.91 Å². The van der Waals surface area contributed by atoms with E-state index in [0.717, 1.165) is 29.7 Å². The lowest BCUT2D eigenvalue weighted by molar-refractivity contribution is -0.122. The predicted octanol–water partition coefficient (Wildman–Crippen LogP) is 4.85. The van der Waals surface area contributed by atoms with Crippen molar-refractivity contribution in [3.05, 3.63) is 43.7 Å². The average molecular weight is 459 g/mol. The number of nitrogens with one attached hydrogen (secondary N) is 1. The van der Waals surface area contributed by atoms with Crippen LogP contribution in [-0.2, 0) is 22.4 Å². The Bertz CT molecular complexity index is 867. The second kappa shape index (κ2) is 7.98. The first-order valence-corrected chi connectivity index (χ1v) is 10.0. The molecule has 0 aliphatic heterocycles. The van der Waals surface area contributed by atoms with Crippen LogP contribution >= 0.6 is 38.9 Å². The highest BCUT2D eigenvalue weighted by Crippen LogP contribution is 2.39. The summed E-state index contributed by atoms with van der Waals surface area (Å²) in [7, 11) is 1.34. The number of methoxy groups -OCH3 is 1. The van der Waals surface area contributed by atoms with Gasteiger partial charge in [0, 0.05) is 9.90 Å². The van der Waals surface area contributed by atoms with Crippen LogP contribution in [-0.4, -0.2) is 25.1 Å². The number of esters is 1. The molecule has 1 aromatic carbocycles. The van der Waals surface area contributed by atoms with E-state index in [1.54, 1.807) is 25.1 Å². The van der Waals surface area contributed by atoms with Gasteiger partial charge in [-0.15, -0.1) is 11.3 Å². The van der Waals surface area contributed by atoms with Crippen molar-refractivity contribution in [2.75, 3.05) is 12.4 Å². The summed E-state index contributed by atoms with van der Waals surface area (Å²) in [6, 6.07) is 5.07. The molecule has 138 valence electrons. The Kier molecular flexibility index (Phi) is 5.89. The van der Waals surface area contributed by atoms with Crippen molar-refractivity contribution >= 4 is 55.7 Å². The first-order valence-electron chi connectivity index (χ1n) is 8.06. The molecule has 0 saturated heterocycles. The molecular weight excluding hydrogens is 442 g/mol. The van der Waals surface area contributed by atoms with Crippen molar-refractivity contribution in [3.63, 3.8) is 0 Å². The lowest BCUT2D eigenvalue weighted by Gasteiger charge is -2.16. The van der Waals surface area contributed by atoms with Crippen molar-refractivity contribution < 1.29 is 19.1 Å². The van der Waals surface area contributed by atoms with Crippen molar-refractivity contribution in [1.82, 2.24) is 0 Å². The molecule has 26 heavy (non-hydrogen) atoms. The highest BCUT2D eigenvalue weighted by atomic mass is 79.9. The molecule has 1 heterocycles. The van der Waals surface area contributed by atoms with Gasteiger partial charge < -0.3 is 14.8 Å². The van der Waals surface area contributed by atoms with E-state index in [1.165, 1.54) is 18.4 Å². The SMILES string of the molecule is COC(=O)c1c(NC(=O)C(C)Oc2ccc(Cl)cc2Br)sc2c1CCC2. The Labute approximate surface area is 168 Å². The summed E-state index contributed by atoms with van der Waals surface area (Å²) in [4.78, 5) is 25.9. The van der Waals surface area contributed by atoms with Crippen LogP contribution in [0.1, 0.15) is 34.1 Å². The van der Waals surface area contributed by atoms with E-state index >= 15 is 0 Å². The third-order valence-electron chi connectivity index (χ3n) is 4.11. The third kappa shape index (κ3) is 3.89. The molecule has 8 heteroatoms. The summed E-state index contributed by atoms with van der Waals surface area (Å²) in [5.41, 5.74) is 1.46. The summed E-state index contributed by atoms with van der Waals surface area (Å²) < 4.78 is 11.3. The van der Waals surface area contributed by atoms with E-state index < -0.39 is 12.1 Å². The molecule has 1 amide bonds. The van der Waals surface area contributed by atoms with Crippen molar-refractivity contribution in [3.8, 4) is 5.75 Å². The molecular formula is C18H17BrClNO4S. The van der Waals surface area contributed by atoms with Crippen LogP contribution in [0.3, 0.4) is 0 Å². The number of halogens is 2. The number of aryl methyl sites for hydroxylation is 1. The van der Waals surface area contributed by atoms with Gasteiger partial charge in [-0.1, -0.05) is 11.6 Å². The minimum atomic E-state index is -0.755. The fraction of sp³-hybridized carbons (Fsp3) is 0.333. The maximum absolute atomic E-state index is 12.6. The van der Waals surface area contributed by atoms with Gasteiger partial charge in [0.15, 0.2) is 6.10 Å². The Morgan fingerprint density at radius 1 is 1.35 bits per heavy atom. The zero-order valence-corrected chi connectivity index (χ0v) is 17.4. The Balaban J connectivity index is 1.76. The lowest BCUT2D eigenvalue weighted by Crippen LogP contribution is -2.30. The molecule has 0 radical (unpaired) electrons. The summed E-state index contributed by atoms with van der Waals surface area (Å²) >= 11 is 10.7. The molecule has 1 atom stereocenters. The normalized spacial score (nSPS) is 13.8. The number of fused-ring (bicyclic) bond motifs is 1. The quantitative estimate of drug-likeness (QED) is 0.651. The maximum Gasteiger partial charge on any atom is 0.341 e. The summed E-state index contributed by atoms with van der Waals surface area (Å²) in [6.07, 6.45) is 2.01. The molecule has 1 N–H and O–H groups in total. The second-order valence-electron chi connectivity index (χ2n) is 5.88. The first-order chi connectivity index (χ1) is 12.4. The van der Waals surface area contributed by atoms with Gasteiger partial charge in [-0.05, 0) is 65.9 Å². The number of hydrogen-bond donors (Lipinski definition) is 1. The standard InChI is InChI=1S/C18H17BrClNO4S/c1-9(25-13-7-6-10(20)8-12(13)19)16(22)21-17-15(18(23)24-2)11-4-3-5-14(11)26-17/h6-9H,3-5H2,1-2H3,(H,21,22). The number of benzene rings is 1. The van der Waals surface area contributed by atoms with Gasteiger partial charge in [0.1, 0.15) is 10.8 Å². The highest BCUT2D eigenvalue weighted by Gasteiger charge is 2.29. The van der Waals surface area contributed by atoms with Crippen LogP contribution in [0.5, 0.6) is 5.75 Å². The number of anilines is 1. The number of thiophene rings is 1. The zero-order valence-electron chi connectivity index (χ0n) is 14.2. The van der Waals surface area contributed by atoms with Gasteiger partial charge in [0.25, 0.3) is 5.91 Å². The molecule has 1 aliphatic rings. The van der Waals surface area contributed by atoms with Crippen molar-refractivity contribution in [2.45, 2.75) is 32.3 Å². The van der Waals surface area contributed by atoms with Crippen molar-refractivity contribution in [1.29, 1.82) is 0 Å². The van der Waals surface area contributed by atoms with Gasteiger partial charge in [-0.25, -0.2) is 4.79 Å². The summed E-state index contributed by atoms with van der Waals surface area (Å²) in [6.45, 7) is 1.65. The van der Waals surface area contributed by atoms with Crippen molar-refractivity contribution in [2.24, 2.45) is 0 Å². The lowest BCUT2D eigenvalue weighted by atomic mass is 10.1. The molecule has 0 fully saturated rings. The number of carbonyl (C=O) groups excluding carboxylic acids is 2. The van der Waals surface area contributed by atoms with E-state index in [2.05, 4.69) is 21.2 Å². The highest BCUT2D eigenvalue weighted by molar-refractivity contribution is 9.10.